The van der Waals surface area contributed by atoms with Crippen molar-refractivity contribution in [2.75, 3.05) is 0 Å². The number of rotatable bonds is 1. The highest BCUT2D eigenvalue weighted by atomic mass is 16.6. The van der Waals surface area contributed by atoms with Crippen molar-refractivity contribution in [1.82, 2.24) is 42.5 Å². The molecule has 0 aromatic carbocycles. The van der Waals surface area contributed by atoms with Gasteiger partial charge in [0.25, 0.3) is 0 Å². The van der Waals surface area contributed by atoms with Gasteiger partial charge in [-0.25, -0.2) is 0 Å². The lowest BCUT2D eigenvalue weighted by Crippen LogP contribution is -2.61. The Labute approximate surface area is 256 Å². The largest absolute Gasteiger partial charge is 0.286 e. The van der Waals surface area contributed by atoms with E-state index in [1.807, 2.05) is 0 Å². The Morgan fingerprint density at radius 2 is 0.628 bits per heavy atom. The molecule has 0 amide bonds. The molecular formula is C32H55N9O2. The highest BCUT2D eigenvalue weighted by Gasteiger charge is 2.55. The van der Waals surface area contributed by atoms with Crippen LogP contribution in [0.4, 0.5) is 0 Å². The van der Waals surface area contributed by atoms with Gasteiger partial charge in [0.2, 0.25) is 6.04 Å². The van der Waals surface area contributed by atoms with Crippen LogP contribution in [-0.4, -0.2) is 60.3 Å². The molecule has 11 nitrogen and oxygen atoms in total. The second-order valence-electron chi connectivity index (χ2n) is 16.1. The summed E-state index contributed by atoms with van der Waals surface area (Å²) in [5, 5.41) is 44.9. The van der Waals surface area contributed by atoms with Crippen molar-refractivity contribution in [3.05, 3.63) is 10.1 Å². The Morgan fingerprint density at radius 1 is 0.372 bits per heavy atom. The molecule has 240 valence electrons. The molecule has 9 rings (SSSR count). The number of nitro groups is 1. The van der Waals surface area contributed by atoms with E-state index >= 15 is 0 Å². The van der Waals surface area contributed by atoms with Gasteiger partial charge in [-0.3, -0.25) is 52.6 Å². The topological polar surface area (TPSA) is 139 Å². The van der Waals surface area contributed by atoms with E-state index in [9.17, 15) is 10.1 Å². The minimum absolute atomic E-state index is 0.00352. The molecule has 0 spiro atoms. The Kier molecular flexibility index (Phi) is 7.51. The van der Waals surface area contributed by atoms with Gasteiger partial charge in [0.1, 0.15) is 0 Å². The highest BCUT2D eigenvalue weighted by molar-refractivity contribution is 5.08. The molecule has 5 heterocycles. The standard InChI is InChI=1S/C32H55N9O2/c42-41(43)16-13-14-23-24(15-16)32-39-30-22-12-6-5-11-21(22)28(37-30)35-26-18-8-2-1-7-17(18)25(33-26)34-27-19-9-3-4-10-20(19)29(36-27)38-31(23)40-32/h16-40H,1-15H2. The minimum Gasteiger partial charge on any atom is -0.286 e. The van der Waals surface area contributed by atoms with Gasteiger partial charge in [0, 0.05) is 17.8 Å². The second kappa shape index (κ2) is 11.4. The molecule has 4 saturated carbocycles. The summed E-state index contributed by atoms with van der Waals surface area (Å²) in [6, 6.07) is -0.417. The SMILES string of the molecule is O=[N+]([O-])C1CCC2C3NC4NC(NC5NC(NC6NC(NC(N3)C2C1)C1CCCCC61)C1CCCCC51)C1CCCCC41. The fourth-order valence-corrected chi connectivity index (χ4v) is 12.2. The van der Waals surface area contributed by atoms with Gasteiger partial charge in [-0.15, -0.1) is 0 Å². The van der Waals surface area contributed by atoms with E-state index in [0.29, 0.717) is 78.9 Å². The van der Waals surface area contributed by atoms with Gasteiger partial charge in [0.15, 0.2) is 0 Å². The molecule has 9 aliphatic rings. The van der Waals surface area contributed by atoms with E-state index < -0.39 is 6.04 Å². The van der Waals surface area contributed by atoms with Crippen LogP contribution in [0.25, 0.3) is 0 Å². The third-order valence-corrected chi connectivity index (χ3v) is 14.1. The Morgan fingerprint density at radius 3 is 0.907 bits per heavy atom. The van der Waals surface area contributed by atoms with Crippen molar-refractivity contribution >= 4 is 0 Å². The minimum atomic E-state index is -0.417. The summed E-state index contributed by atoms with van der Waals surface area (Å²) in [6.07, 6.45) is 20.1. The smallest absolute Gasteiger partial charge is 0.213 e. The van der Waals surface area contributed by atoms with Crippen molar-refractivity contribution in [2.45, 2.75) is 152 Å². The summed E-state index contributed by atoms with van der Waals surface area (Å²) < 4.78 is 0. The molecule has 8 N–H and O–H groups in total. The third kappa shape index (κ3) is 4.91. The molecule has 17 unspecified atom stereocenters. The predicted octanol–water partition coefficient (Wildman–Crippen LogP) is 1.86. The first-order valence-corrected chi connectivity index (χ1v) is 18.3. The Bertz CT molecular complexity index is 1050. The third-order valence-electron chi connectivity index (χ3n) is 14.1. The fraction of sp³-hybridized carbons (Fsp3) is 1.00. The molecule has 43 heavy (non-hydrogen) atoms. The first-order chi connectivity index (χ1) is 21.1. The number of nitrogens with zero attached hydrogens (tertiary/aromatic N) is 1. The van der Waals surface area contributed by atoms with Crippen molar-refractivity contribution in [3.63, 3.8) is 0 Å². The van der Waals surface area contributed by atoms with Gasteiger partial charge >= 0.3 is 0 Å². The summed E-state index contributed by atoms with van der Waals surface area (Å²) in [4.78, 5) is 12.0. The monoisotopic (exact) mass is 597 g/mol. The van der Waals surface area contributed by atoms with E-state index in [1.165, 1.54) is 77.0 Å². The molecule has 5 saturated heterocycles. The van der Waals surface area contributed by atoms with Gasteiger partial charge in [-0.2, -0.15) is 0 Å². The first-order valence-electron chi connectivity index (χ1n) is 18.3. The molecule has 11 heteroatoms. The molecular weight excluding hydrogens is 542 g/mol. The number of hydrogen-bond donors (Lipinski definition) is 8. The van der Waals surface area contributed by atoms with Gasteiger partial charge in [0.05, 0.1) is 49.3 Å². The quantitative estimate of drug-likeness (QED) is 0.167. The molecule has 8 bridgehead atoms. The molecule has 9 fully saturated rings. The van der Waals surface area contributed by atoms with Crippen LogP contribution in [0.5, 0.6) is 0 Å². The Hall–Kier alpha value is -0.920. The summed E-state index contributed by atoms with van der Waals surface area (Å²) >= 11 is 0. The van der Waals surface area contributed by atoms with Crippen LogP contribution in [0.15, 0.2) is 0 Å². The maximum atomic E-state index is 12.0. The van der Waals surface area contributed by atoms with Crippen LogP contribution in [0, 0.1) is 57.5 Å². The van der Waals surface area contributed by atoms with Crippen LogP contribution in [-0.2, 0) is 0 Å². The summed E-state index contributed by atoms with van der Waals surface area (Å²) in [5.41, 5.74) is 0. The summed E-state index contributed by atoms with van der Waals surface area (Å²) in [5.74, 6) is 4.55. The van der Waals surface area contributed by atoms with Crippen molar-refractivity contribution < 1.29 is 4.92 Å². The summed E-state index contributed by atoms with van der Waals surface area (Å²) in [7, 11) is 0. The lowest BCUT2D eigenvalue weighted by molar-refractivity contribution is -0.528. The van der Waals surface area contributed by atoms with E-state index in [2.05, 4.69) is 42.5 Å². The zero-order valence-corrected chi connectivity index (χ0v) is 25.7. The molecule has 4 aliphatic carbocycles. The lowest BCUT2D eigenvalue weighted by Gasteiger charge is -2.35. The van der Waals surface area contributed by atoms with E-state index in [-0.39, 0.29) is 35.5 Å². The van der Waals surface area contributed by atoms with Crippen molar-refractivity contribution in [1.29, 1.82) is 0 Å². The maximum absolute atomic E-state index is 12.0. The maximum Gasteiger partial charge on any atom is 0.213 e. The molecule has 0 aromatic rings. The number of hydrogen-bond acceptors (Lipinski definition) is 10. The molecule has 17 atom stereocenters. The van der Waals surface area contributed by atoms with Crippen LogP contribution in [0.2, 0.25) is 0 Å². The summed E-state index contributed by atoms with van der Waals surface area (Å²) in [6.45, 7) is 0. The van der Waals surface area contributed by atoms with Crippen LogP contribution in [0.1, 0.15) is 96.3 Å². The Balaban J connectivity index is 1.05. The van der Waals surface area contributed by atoms with E-state index in [1.54, 1.807) is 0 Å². The van der Waals surface area contributed by atoms with E-state index in [0.717, 1.165) is 6.42 Å². The zero-order chi connectivity index (χ0) is 28.7. The normalized spacial score (nSPS) is 56.0. The van der Waals surface area contributed by atoms with Crippen LogP contribution >= 0.6 is 0 Å². The van der Waals surface area contributed by atoms with Crippen molar-refractivity contribution in [2.24, 2.45) is 47.3 Å². The van der Waals surface area contributed by atoms with Gasteiger partial charge in [-0.1, -0.05) is 38.5 Å². The highest BCUT2D eigenvalue weighted by Crippen LogP contribution is 2.45. The second-order valence-corrected chi connectivity index (χ2v) is 16.1. The average molecular weight is 598 g/mol. The zero-order valence-electron chi connectivity index (χ0n) is 25.7. The molecule has 5 aliphatic heterocycles. The number of fused-ring (bicyclic) bond motifs is 20. The lowest BCUT2D eigenvalue weighted by atomic mass is 9.75. The van der Waals surface area contributed by atoms with Crippen LogP contribution < -0.4 is 42.5 Å². The van der Waals surface area contributed by atoms with Gasteiger partial charge < -0.3 is 0 Å². The first kappa shape index (κ1) is 28.3. The number of nitrogens with one attached hydrogen (secondary N) is 8. The fourth-order valence-electron chi connectivity index (χ4n) is 12.2. The average Bonchev–Trinajstić information content (AvgIpc) is 3.76. The van der Waals surface area contributed by atoms with E-state index in [4.69, 9.17) is 0 Å². The molecule has 0 aromatic heterocycles. The van der Waals surface area contributed by atoms with Crippen molar-refractivity contribution in [3.8, 4) is 0 Å². The van der Waals surface area contributed by atoms with Crippen LogP contribution in [0.3, 0.4) is 0 Å². The van der Waals surface area contributed by atoms with Gasteiger partial charge in [-0.05, 0) is 92.3 Å². The molecule has 0 radical (unpaired) electrons. The predicted molar refractivity (Wildman–Crippen MR) is 163 cm³/mol.